The van der Waals surface area contributed by atoms with E-state index in [0.717, 1.165) is 12.2 Å². The van der Waals surface area contributed by atoms with E-state index in [2.05, 4.69) is 11.4 Å². The molecule has 1 heterocycles. The highest BCUT2D eigenvalue weighted by atomic mass is 35.5. The first-order valence-electron chi connectivity index (χ1n) is 5.35. The molecule has 1 fully saturated rings. The predicted octanol–water partition coefficient (Wildman–Crippen LogP) is 3.52. The van der Waals surface area contributed by atoms with Crippen LogP contribution in [-0.4, -0.2) is 17.5 Å². The number of hydrogen-bond donors (Lipinski definition) is 1. The summed E-state index contributed by atoms with van der Waals surface area (Å²) in [5, 5.41) is 13.6. The number of anilines is 1. The molecule has 1 saturated heterocycles. The highest BCUT2D eigenvalue weighted by molar-refractivity contribution is 8.00. The number of rotatable bonds is 3. The molecule has 0 spiro atoms. The second-order valence-corrected chi connectivity index (χ2v) is 5.66. The predicted molar refractivity (Wildman–Crippen MR) is 70.1 cm³/mol. The van der Waals surface area contributed by atoms with Crippen LogP contribution < -0.4 is 5.32 Å². The number of nitriles is 1. The lowest BCUT2D eigenvalue weighted by Crippen LogP contribution is -2.14. The van der Waals surface area contributed by atoms with E-state index in [1.807, 2.05) is 23.9 Å². The van der Waals surface area contributed by atoms with Gasteiger partial charge in [0.25, 0.3) is 0 Å². The van der Waals surface area contributed by atoms with Gasteiger partial charge in [-0.1, -0.05) is 11.6 Å². The monoisotopic (exact) mass is 252 g/mol. The van der Waals surface area contributed by atoms with E-state index in [-0.39, 0.29) is 0 Å². The third-order valence-electron chi connectivity index (χ3n) is 2.65. The summed E-state index contributed by atoms with van der Waals surface area (Å²) in [6.07, 6.45) is 2.58. The van der Waals surface area contributed by atoms with Gasteiger partial charge >= 0.3 is 0 Å². The second kappa shape index (κ2) is 5.47. The maximum atomic E-state index is 8.98. The van der Waals surface area contributed by atoms with E-state index in [9.17, 15) is 0 Å². The lowest BCUT2D eigenvalue weighted by Gasteiger charge is -2.12. The van der Waals surface area contributed by atoms with Crippen molar-refractivity contribution >= 4 is 29.1 Å². The molecule has 4 heteroatoms. The zero-order valence-corrected chi connectivity index (χ0v) is 10.4. The highest BCUT2D eigenvalue weighted by Crippen LogP contribution is 2.27. The molecule has 16 heavy (non-hydrogen) atoms. The van der Waals surface area contributed by atoms with Crippen LogP contribution in [0.1, 0.15) is 18.4 Å². The molecular weight excluding hydrogens is 240 g/mol. The van der Waals surface area contributed by atoms with Gasteiger partial charge < -0.3 is 5.32 Å². The fourth-order valence-corrected chi connectivity index (χ4v) is 3.17. The topological polar surface area (TPSA) is 35.8 Å². The molecule has 2 rings (SSSR count). The Morgan fingerprint density at radius 2 is 2.44 bits per heavy atom. The van der Waals surface area contributed by atoms with Crippen molar-refractivity contribution in [2.45, 2.75) is 18.1 Å². The molecule has 1 N–H and O–H groups in total. The molecule has 1 aromatic rings. The largest absolute Gasteiger partial charge is 0.383 e. The summed E-state index contributed by atoms with van der Waals surface area (Å²) in [5.74, 6) is 1.26. The molecule has 0 aliphatic carbocycles. The normalized spacial score (nSPS) is 19.4. The molecule has 1 atom stereocenters. The van der Waals surface area contributed by atoms with Gasteiger partial charge in [-0.2, -0.15) is 17.0 Å². The number of benzene rings is 1. The van der Waals surface area contributed by atoms with Crippen molar-refractivity contribution in [3.8, 4) is 6.07 Å². The van der Waals surface area contributed by atoms with Crippen LogP contribution in [0.5, 0.6) is 0 Å². The van der Waals surface area contributed by atoms with Crippen molar-refractivity contribution in [1.29, 1.82) is 5.26 Å². The maximum Gasteiger partial charge on any atom is 0.101 e. The first-order valence-corrected chi connectivity index (χ1v) is 6.77. The summed E-state index contributed by atoms with van der Waals surface area (Å²) in [6, 6.07) is 7.55. The first-order chi connectivity index (χ1) is 7.79. The fourth-order valence-electron chi connectivity index (χ4n) is 1.79. The fraction of sp³-hybridized carbons (Fsp3) is 0.417. The summed E-state index contributed by atoms with van der Waals surface area (Å²) in [4.78, 5) is 0. The van der Waals surface area contributed by atoms with Crippen molar-refractivity contribution in [2.75, 3.05) is 17.6 Å². The van der Waals surface area contributed by atoms with Gasteiger partial charge in [0.15, 0.2) is 0 Å². The average Bonchev–Trinajstić information content (AvgIpc) is 2.80. The van der Waals surface area contributed by atoms with Crippen molar-refractivity contribution in [1.82, 2.24) is 0 Å². The van der Waals surface area contributed by atoms with Crippen molar-refractivity contribution in [2.24, 2.45) is 0 Å². The van der Waals surface area contributed by atoms with Gasteiger partial charge in [-0.25, -0.2) is 0 Å². The molecule has 0 aromatic heterocycles. The zero-order valence-electron chi connectivity index (χ0n) is 8.87. The summed E-state index contributed by atoms with van der Waals surface area (Å²) in [7, 11) is 0. The number of thioether (sulfide) groups is 1. The summed E-state index contributed by atoms with van der Waals surface area (Å²) in [5.41, 5.74) is 1.51. The zero-order chi connectivity index (χ0) is 11.4. The van der Waals surface area contributed by atoms with Gasteiger partial charge in [-0.3, -0.25) is 0 Å². The van der Waals surface area contributed by atoms with Crippen molar-refractivity contribution < 1.29 is 0 Å². The number of halogens is 1. The maximum absolute atomic E-state index is 8.98. The third-order valence-corrected chi connectivity index (χ3v) is 4.28. The average molecular weight is 253 g/mol. The third kappa shape index (κ3) is 2.84. The Hall–Kier alpha value is -0.850. The minimum atomic E-state index is 0.609. The molecule has 1 aliphatic rings. The van der Waals surface area contributed by atoms with Crippen LogP contribution >= 0.6 is 23.4 Å². The Morgan fingerprint density at radius 1 is 1.56 bits per heavy atom. The summed E-state index contributed by atoms with van der Waals surface area (Å²) in [6.45, 7) is 0.932. The van der Waals surface area contributed by atoms with Gasteiger partial charge in [-0.05, 0) is 36.8 Å². The van der Waals surface area contributed by atoms with Gasteiger partial charge in [0.2, 0.25) is 0 Å². The molecule has 1 aliphatic heterocycles. The molecule has 0 amide bonds. The molecule has 0 bridgehead atoms. The molecule has 2 nitrogen and oxygen atoms in total. The Kier molecular flexibility index (Phi) is 3.98. The number of nitrogens with zero attached hydrogens (tertiary/aromatic N) is 1. The van der Waals surface area contributed by atoms with Crippen LogP contribution in [0, 0.1) is 11.3 Å². The molecule has 0 saturated carbocycles. The summed E-state index contributed by atoms with van der Waals surface area (Å²) >= 11 is 7.85. The van der Waals surface area contributed by atoms with Crippen LogP contribution in [0.2, 0.25) is 5.02 Å². The van der Waals surface area contributed by atoms with Gasteiger partial charge in [0.1, 0.15) is 6.07 Å². The van der Waals surface area contributed by atoms with Gasteiger partial charge in [0.05, 0.1) is 11.3 Å². The van der Waals surface area contributed by atoms with Gasteiger partial charge in [0, 0.05) is 16.8 Å². The van der Waals surface area contributed by atoms with Crippen LogP contribution in [0.3, 0.4) is 0 Å². The Labute approximate surface area is 105 Å². The van der Waals surface area contributed by atoms with Gasteiger partial charge in [-0.15, -0.1) is 0 Å². The lowest BCUT2D eigenvalue weighted by atomic mass is 10.2. The Balaban J connectivity index is 2.00. The molecule has 0 radical (unpaired) electrons. The minimum Gasteiger partial charge on any atom is -0.383 e. The number of nitrogens with one attached hydrogen (secondary N) is 1. The van der Waals surface area contributed by atoms with E-state index in [4.69, 9.17) is 16.9 Å². The smallest absolute Gasteiger partial charge is 0.101 e. The van der Waals surface area contributed by atoms with Crippen LogP contribution in [-0.2, 0) is 0 Å². The van der Waals surface area contributed by atoms with Crippen molar-refractivity contribution in [3.63, 3.8) is 0 Å². The van der Waals surface area contributed by atoms with Crippen LogP contribution in [0.15, 0.2) is 18.2 Å². The number of hydrogen-bond acceptors (Lipinski definition) is 3. The molecule has 1 unspecified atom stereocenters. The standard InChI is InChI=1S/C12H13ClN2S/c13-10-3-4-12(9(6-10)7-14)15-8-11-2-1-5-16-11/h3-4,6,11,15H,1-2,5,8H2. The van der Waals surface area contributed by atoms with Crippen LogP contribution in [0.25, 0.3) is 0 Å². The van der Waals surface area contributed by atoms with Crippen molar-refractivity contribution in [3.05, 3.63) is 28.8 Å². The quantitative estimate of drug-likeness (QED) is 0.894. The lowest BCUT2D eigenvalue weighted by molar-refractivity contribution is 0.805. The minimum absolute atomic E-state index is 0.609. The Bertz CT molecular complexity index is 408. The van der Waals surface area contributed by atoms with E-state index < -0.39 is 0 Å². The molecular formula is C12H13ClN2S. The van der Waals surface area contributed by atoms with E-state index in [0.29, 0.717) is 15.8 Å². The molecule has 1 aromatic carbocycles. The first kappa shape index (κ1) is 11.6. The van der Waals surface area contributed by atoms with Crippen LogP contribution in [0.4, 0.5) is 5.69 Å². The van der Waals surface area contributed by atoms with E-state index in [1.54, 1.807) is 6.07 Å². The summed E-state index contributed by atoms with van der Waals surface area (Å²) < 4.78 is 0. The molecule has 84 valence electrons. The highest BCUT2D eigenvalue weighted by Gasteiger charge is 2.15. The van der Waals surface area contributed by atoms with E-state index in [1.165, 1.54) is 18.6 Å². The SMILES string of the molecule is N#Cc1cc(Cl)ccc1NCC1CCCS1. The second-order valence-electron chi connectivity index (χ2n) is 3.82. The Morgan fingerprint density at radius 3 is 3.12 bits per heavy atom. The van der Waals surface area contributed by atoms with E-state index >= 15 is 0 Å².